The lowest BCUT2D eigenvalue weighted by molar-refractivity contribution is -0.116. The van der Waals surface area contributed by atoms with E-state index in [-0.39, 0.29) is 5.91 Å². The quantitative estimate of drug-likeness (QED) is 0.654. The van der Waals surface area contributed by atoms with Crippen molar-refractivity contribution in [3.05, 3.63) is 71.3 Å². The van der Waals surface area contributed by atoms with Crippen molar-refractivity contribution in [1.82, 2.24) is 5.32 Å². The molecule has 3 nitrogen and oxygen atoms in total. The minimum Gasteiger partial charge on any atom is -0.492 e. The second-order valence-corrected chi connectivity index (χ2v) is 5.14. The molecule has 0 aliphatic carbocycles. The van der Waals surface area contributed by atoms with Crippen LogP contribution in [0.5, 0.6) is 5.75 Å². The standard InChI is InChI=1S/C19H21NO2/c1-15-7-10-18(11-8-15)22-14-13-20-19(21)12-9-17-6-4-3-5-16(17)2/h3-12H,13-14H2,1-2H3,(H,20,21)/b12-9+. The van der Waals surface area contributed by atoms with Crippen molar-refractivity contribution >= 4 is 12.0 Å². The van der Waals surface area contributed by atoms with Crippen LogP contribution in [0.4, 0.5) is 0 Å². The maximum absolute atomic E-state index is 11.7. The van der Waals surface area contributed by atoms with Gasteiger partial charge in [0.15, 0.2) is 0 Å². The third-order valence-electron chi connectivity index (χ3n) is 3.29. The molecule has 2 rings (SSSR count). The summed E-state index contributed by atoms with van der Waals surface area (Å²) in [6, 6.07) is 15.8. The molecule has 0 saturated carbocycles. The van der Waals surface area contributed by atoms with Gasteiger partial charge >= 0.3 is 0 Å². The second kappa shape index (κ2) is 8.03. The number of rotatable bonds is 6. The number of amides is 1. The Morgan fingerprint density at radius 3 is 2.55 bits per heavy atom. The highest BCUT2D eigenvalue weighted by atomic mass is 16.5. The first-order chi connectivity index (χ1) is 10.6. The third-order valence-corrected chi connectivity index (χ3v) is 3.29. The average Bonchev–Trinajstić information content (AvgIpc) is 2.52. The molecule has 0 atom stereocenters. The van der Waals surface area contributed by atoms with E-state index in [1.807, 2.05) is 68.5 Å². The topological polar surface area (TPSA) is 38.3 Å². The fourth-order valence-electron chi connectivity index (χ4n) is 1.98. The molecule has 0 fully saturated rings. The Bertz CT molecular complexity index is 645. The maximum Gasteiger partial charge on any atom is 0.244 e. The van der Waals surface area contributed by atoms with Crippen LogP contribution in [0.1, 0.15) is 16.7 Å². The Morgan fingerprint density at radius 1 is 1.09 bits per heavy atom. The van der Waals surface area contributed by atoms with E-state index in [0.29, 0.717) is 13.2 Å². The van der Waals surface area contributed by atoms with Crippen molar-refractivity contribution in [3.8, 4) is 5.75 Å². The van der Waals surface area contributed by atoms with Gasteiger partial charge in [0.2, 0.25) is 5.91 Å². The van der Waals surface area contributed by atoms with Crippen LogP contribution in [0.15, 0.2) is 54.6 Å². The SMILES string of the molecule is Cc1ccc(OCCNC(=O)/C=C/c2ccccc2C)cc1. The number of nitrogens with one attached hydrogen (secondary N) is 1. The highest BCUT2D eigenvalue weighted by Gasteiger charge is 1.97. The predicted octanol–water partition coefficient (Wildman–Crippen LogP) is 3.51. The van der Waals surface area contributed by atoms with Gasteiger partial charge in [-0.3, -0.25) is 4.79 Å². The third kappa shape index (κ3) is 5.09. The minimum atomic E-state index is -0.115. The highest BCUT2D eigenvalue weighted by Crippen LogP contribution is 2.11. The average molecular weight is 295 g/mol. The van der Waals surface area contributed by atoms with Gasteiger partial charge in [-0.2, -0.15) is 0 Å². The summed E-state index contributed by atoms with van der Waals surface area (Å²) < 4.78 is 5.55. The molecule has 1 amide bonds. The normalized spacial score (nSPS) is 10.6. The first-order valence-corrected chi connectivity index (χ1v) is 7.36. The molecule has 114 valence electrons. The smallest absolute Gasteiger partial charge is 0.244 e. The second-order valence-electron chi connectivity index (χ2n) is 5.14. The van der Waals surface area contributed by atoms with E-state index in [4.69, 9.17) is 4.74 Å². The summed E-state index contributed by atoms with van der Waals surface area (Å²) in [5.41, 5.74) is 3.39. The van der Waals surface area contributed by atoms with Crippen LogP contribution in [0, 0.1) is 13.8 Å². The van der Waals surface area contributed by atoms with Crippen molar-refractivity contribution in [2.75, 3.05) is 13.2 Å². The fourth-order valence-corrected chi connectivity index (χ4v) is 1.98. The Balaban J connectivity index is 1.72. The van der Waals surface area contributed by atoms with Crippen molar-refractivity contribution in [1.29, 1.82) is 0 Å². The molecule has 0 unspecified atom stereocenters. The molecule has 2 aromatic carbocycles. The van der Waals surface area contributed by atoms with Crippen LogP contribution in [0.3, 0.4) is 0 Å². The number of hydrogen-bond donors (Lipinski definition) is 1. The van der Waals surface area contributed by atoms with Crippen molar-refractivity contribution in [2.24, 2.45) is 0 Å². The van der Waals surface area contributed by atoms with Gasteiger partial charge in [-0.1, -0.05) is 42.0 Å². The van der Waals surface area contributed by atoms with E-state index in [1.54, 1.807) is 6.08 Å². The molecule has 0 aromatic heterocycles. The Morgan fingerprint density at radius 2 is 1.82 bits per heavy atom. The molecule has 0 spiro atoms. The van der Waals surface area contributed by atoms with E-state index in [1.165, 1.54) is 5.56 Å². The molecule has 22 heavy (non-hydrogen) atoms. The van der Waals surface area contributed by atoms with Gasteiger partial charge < -0.3 is 10.1 Å². The van der Waals surface area contributed by atoms with Crippen LogP contribution >= 0.6 is 0 Å². The largest absolute Gasteiger partial charge is 0.492 e. The molecule has 0 saturated heterocycles. The molecule has 2 aromatic rings. The summed E-state index contributed by atoms with van der Waals surface area (Å²) >= 11 is 0. The van der Waals surface area contributed by atoms with Gasteiger partial charge in [0, 0.05) is 6.08 Å². The van der Waals surface area contributed by atoms with Crippen LogP contribution in [0.2, 0.25) is 0 Å². The molecule has 0 heterocycles. The van der Waals surface area contributed by atoms with E-state index < -0.39 is 0 Å². The number of aryl methyl sites for hydroxylation is 2. The van der Waals surface area contributed by atoms with E-state index >= 15 is 0 Å². The fraction of sp³-hybridized carbons (Fsp3) is 0.211. The molecule has 0 radical (unpaired) electrons. The number of benzene rings is 2. The van der Waals surface area contributed by atoms with E-state index in [9.17, 15) is 4.79 Å². The van der Waals surface area contributed by atoms with Crippen LogP contribution in [-0.4, -0.2) is 19.1 Å². The van der Waals surface area contributed by atoms with Gasteiger partial charge in [-0.15, -0.1) is 0 Å². The van der Waals surface area contributed by atoms with Gasteiger partial charge in [-0.05, 0) is 43.2 Å². The zero-order chi connectivity index (χ0) is 15.8. The van der Waals surface area contributed by atoms with E-state index in [2.05, 4.69) is 5.32 Å². The summed E-state index contributed by atoms with van der Waals surface area (Å²) in [5, 5.41) is 2.80. The Kier molecular flexibility index (Phi) is 5.78. The zero-order valence-electron chi connectivity index (χ0n) is 13.0. The first-order valence-electron chi connectivity index (χ1n) is 7.36. The first kappa shape index (κ1) is 15.8. The number of ether oxygens (including phenoxy) is 1. The monoisotopic (exact) mass is 295 g/mol. The van der Waals surface area contributed by atoms with Crippen molar-refractivity contribution < 1.29 is 9.53 Å². The van der Waals surface area contributed by atoms with Crippen LogP contribution < -0.4 is 10.1 Å². The van der Waals surface area contributed by atoms with Gasteiger partial charge in [0.1, 0.15) is 12.4 Å². The maximum atomic E-state index is 11.7. The zero-order valence-corrected chi connectivity index (χ0v) is 13.0. The molecule has 1 N–H and O–H groups in total. The molecular formula is C19H21NO2. The molecule has 0 bridgehead atoms. The number of carbonyl (C=O) groups is 1. The van der Waals surface area contributed by atoms with E-state index in [0.717, 1.165) is 16.9 Å². The highest BCUT2D eigenvalue weighted by molar-refractivity contribution is 5.91. The van der Waals surface area contributed by atoms with Crippen molar-refractivity contribution in [3.63, 3.8) is 0 Å². The van der Waals surface area contributed by atoms with Gasteiger partial charge in [0.25, 0.3) is 0 Å². The Labute approximate surface area is 131 Å². The van der Waals surface area contributed by atoms with Crippen LogP contribution in [-0.2, 0) is 4.79 Å². The summed E-state index contributed by atoms with van der Waals surface area (Å²) in [6.07, 6.45) is 3.37. The molecule has 3 heteroatoms. The number of carbonyl (C=O) groups excluding carboxylic acids is 1. The molecular weight excluding hydrogens is 274 g/mol. The van der Waals surface area contributed by atoms with Gasteiger partial charge in [-0.25, -0.2) is 0 Å². The summed E-state index contributed by atoms with van der Waals surface area (Å²) in [7, 11) is 0. The van der Waals surface area contributed by atoms with Crippen molar-refractivity contribution in [2.45, 2.75) is 13.8 Å². The molecule has 0 aliphatic rings. The summed E-state index contributed by atoms with van der Waals surface area (Å²) in [5.74, 6) is 0.700. The minimum absolute atomic E-state index is 0.115. The predicted molar refractivity (Wildman–Crippen MR) is 89.9 cm³/mol. The Hall–Kier alpha value is -2.55. The van der Waals surface area contributed by atoms with Gasteiger partial charge in [0.05, 0.1) is 6.54 Å². The summed E-state index contributed by atoms with van der Waals surface area (Å²) in [4.78, 5) is 11.7. The lowest BCUT2D eigenvalue weighted by Crippen LogP contribution is -2.26. The molecule has 0 aliphatic heterocycles. The lowest BCUT2D eigenvalue weighted by atomic mass is 10.1. The van der Waals surface area contributed by atoms with Crippen LogP contribution in [0.25, 0.3) is 6.08 Å². The lowest BCUT2D eigenvalue weighted by Gasteiger charge is -2.06. The number of hydrogen-bond acceptors (Lipinski definition) is 2. The summed E-state index contributed by atoms with van der Waals surface area (Å²) in [6.45, 7) is 4.98.